The van der Waals surface area contributed by atoms with Gasteiger partial charge in [0.25, 0.3) is 0 Å². The van der Waals surface area contributed by atoms with E-state index in [1.165, 1.54) is 6.07 Å². The van der Waals surface area contributed by atoms with Crippen LogP contribution in [0.15, 0.2) is 60.8 Å². The predicted octanol–water partition coefficient (Wildman–Crippen LogP) is 6.00. The van der Waals surface area contributed by atoms with Crippen LogP contribution in [0.1, 0.15) is 16.1 Å². The second kappa shape index (κ2) is 20.0. The number of nitrogens with zero attached hydrogens (tertiary/aromatic N) is 1. The third-order valence-electron chi connectivity index (χ3n) is 5.78. The van der Waals surface area contributed by atoms with Gasteiger partial charge in [0.2, 0.25) is 0 Å². The molecule has 0 unspecified atom stereocenters. The van der Waals surface area contributed by atoms with Crippen molar-refractivity contribution in [1.82, 2.24) is 4.98 Å². The maximum atomic E-state index is 11.4. The summed E-state index contributed by atoms with van der Waals surface area (Å²) in [6.45, 7) is 4.27. The molecule has 0 aliphatic rings. The van der Waals surface area contributed by atoms with Crippen LogP contribution < -0.4 is 10.1 Å². The van der Waals surface area contributed by atoms with E-state index >= 15 is 0 Å². The van der Waals surface area contributed by atoms with E-state index in [1.54, 1.807) is 36.5 Å². The van der Waals surface area contributed by atoms with Gasteiger partial charge in [-0.1, -0.05) is 41.4 Å². The minimum absolute atomic E-state index is 0.130. The van der Waals surface area contributed by atoms with E-state index in [-0.39, 0.29) is 22.2 Å². The van der Waals surface area contributed by atoms with Crippen LogP contribution >= 0.6 is 48.5 Å². The first-order chi connectivity index (χ1) is 21.3. The second-order valence-corrected chi connectivity index (χ2v) is 11.8. The lowest BCUT2D eigenvalue weighted by Gasteiger charge is -2.21. The number of rotatable bonds is 22. The van der Waals surface area contributed by atoms with Gasteiger partial charge < -0.3 is 38.8 Å². The number of nitrogens with one attached hydrogen (secondary N) is 1. The molecule has 0 saturated carbocycles. The smallest absolute Gasteiger partial charge is 0.337 e. The number of aromatic carboxylic acids is 1. The summed E-state index contributed by atoms with van der Waals surface area (Å²) in [7, 11) is 0. The lowest BCUT2D eigenvalue weighted by Crippen LogP contribution is -2.22. The molecule has 0 radical (unpaired) electrons. The summed E-state index contributed by atoms with van der Waals surface area (Å²) in [5, 5.41) is 12.9. The van der Waals surface area contributed by atoms with Gasteiger partial charge in [0, 0.05) is 11.9 Å². The van der Waals surface area contributed by atoms with Crippen LogP contribution in [-0.2, 0) is 27.8 Å². The predicted molar refractivity (Wildman–Crippen MR) is 177 cm³/mol. The monoisotopic (exact) mass is 686 g/mol. The van der Waals surface area contributed by atoms with Gasteiger partial charge in [-0.25, -0.2) is 4.79 Å². The molecule has 14 heteroatoms. The van der Waals surface area contributed by atoms with E-state index in [1.807, 2.05) is 18.2 Å². The van der Waals surface area contributed by atoms with Crippen molar-refractivity contribution >= 4 is 65.8 Å². The summed E-state index contributed by atoms with van der Waals surface area (Å²) >= 11 is 21.7. The molecule has 3 rings (SSSR count). The number of carbonyl (C=O) groups is 1. The Morgan fingerprint density at radius 1 is 0.773 bits per heavy atom. The molecule has 0 saturated heterocycles. The molecule has 2 N–H and O–H groups in total. The molecule has 2 aromatic carbocycles. The van der Waals surface area contributed by atoms with E-state index in [0.717, 1.165) is 5.69 Å². The third-order valence-corrected chi connectivity index (χ3v) is 7.05. The maximum absolute atomic E-state index is 11.4. The molecule has 0 amide bonds. The van der Waals surface area contributed by atoms with Crippen molar-refractivity contribution in [1.29, 1.82) is 0 Å². The van der Waals surface area contributed by atoms with Gasteiger partial charge in [0.1, 0.15) is 10.7 Å². The van der Waals surface area contributed by atoms with Crippen molar-refractivity contribution in [2.24, 2.45) is 0 Å². The number of anilines is 2. The summed E-state index contributed by atoms with van der Waals surface area (Å²) in [6, 6.07) is 15.3. The number of pyridine rings is 1. The Bertz CT molecular complexity index is 1270. The molecular weight excluding hydrogens is 651 g/mol. The van der Waals surface area contributed by atoms with E-state index in [4.69, 9.17) is 51.6 Å². The summed E-state index contributed by atoms with van der Waals surface area (Å²) in [5.74, 6) is -0.728. The van der Waals surface area contributed by atoms with Crippen LogP contribution in [0.25, 0.3) is 0 Å². The molecule has 0 spiro atoms. The minimum Gasteiger partial charge on any atom is -0.488 e. The van der Waals surface area contributed by atoms with Gasteiger partial charge in [0.15, 0.2) is 5.75 Å². The van der Waals surface area contributed by atoms with Gasteiger partial charge in [0.05, 0.1) is 93.1 Å². The number of halogens is 2. The standard InChI is InChI=1S/C30H36Cl2N2O8S2/c31-24-19-22(34-26-6-2-1-5-23(26)29(35)36)20-25(32)28(24)42-18-17-40-14-13-38-10-9-37-11-12-39-15-16-41-21-30(43,44)27-7-3-4-8-33-27/h1-8,19-20,34,43-44H,9-18,21H2,(H,35,36). The minimum atomic E-state index is -1.04. The van der Waals surface area contributed by atoms with Crippen LogP contribution in [0.4, 0.5) is 11.4 Å². The summed E-state index contributed by atoms with van der Waals surface area (Å²) in [5.41, 5.74) is 1.81. The molecule has 240 valence electrons. The molecule has 1 aromatic heterocycles. The van der Waals surface area contributed by atoms with Crippen LogP contribution in [-0.4, -0.2) is 88.7 Å². The van der Waals surface area contributed by atoms with Crippen molar-refractivity contribution in [2.45, 2.75) is 4.08 Å². The number of ether oxygens (including phenoxy) is 6. The first-order valence-corrected chi connectivity index (χ1v) is 15.4. The first kappa shape index (κ1) is 36.2. The maximum Gasteiger partial charge on any atom is 0.337 e. The Balaban J connectivity index is 1.15. The van der Waals surface area contributed by atoms with Crippen molar-refractivity contribution in [3.05, 3.63) is 82.1 Å². The zero-order valence-corrected chi connectivity index (χ0v) is 27.3. The molecular formula is C30H36Cl2N2O8S2. The van der Waals surface area contributed by atoms with Gasteiger partial charge in [-0.3, -0.25) is 4.98 Å². The number of carboxylic acid groups (broad SMARTS) is 1. The fraction of sp³-hybridized carbons (Fsp3) is 0.400. The number of hydrogen-bond acceptors (Lipinski definition) is 11. The highest BCUT2D eigenvalue weighted by atomic mass is 35.5. The number of thiol groups is 2. The van der Waals surface area contributed by atoms with E-state index in [0.29, 0.717) is 83.2 Å². The molecule has 0 aliphatic heterocycles. The lowest BCUT2D eigenvalue weighted by atomic mass is 10.1. The number of benzene rings is 2. The van der Waals surface area contributed by atoms with Crippen molar-refractivity contribution in [3.63, 3.8) is 0 Å². The van der Waals surface area contributed by atoms with Crippen LogP contribution in [0.5, 0.6) is 5.75 Å². The van der Waals surface area contributed by atoms with E-state index in [2.05, 4.69) is 35.6 Å². The highest BCUT2D eigenvalue weighted by Crippen LogP contribution is 2.37. The average molecular weight is 688 g/mol. The number of aromatic nitrogens is 1. The van der Waals surface area contributed by atoms with E-state index < -0.39 is 10.0 Å². The number of carboxylic acids is 1. The molecule has 10 nitrogen and oxygen atoms in total. The average Bonchev–Trinajstić information content (AvgIpc) is 3.00. The zero-order chi connectivity index (χ0) is 31.6. The fourth-order valence-electron chi connectivity index (χ4n) is 3.67. The quantitative estimate of drug-likeness (QED) is 0.0569. The van der Waals surface area contributed by atoms with Gasteiger partial charge in [-0.2, -0.15) is 25.3 Å². The largest absolute Gasteiger partial charge is 0.488 e. The van der Waals surface area contributed by atoms with Crippen molar-refractivity contribution < 1.29 is 38.3 Å². The third kappa shape index (κ3) is 13.0. The molecule has 0 aliphatic carbocycles. The molecule has 3 aromatic rings. The van der Waals surface area contributed by atoms with Crippen LogP contribution in [0.2, 0.25) is 10.0 Å². The second-order valence-electron chi connectivity index (χ2n) is 9.13. The van der Waals surface area contributed by atoms with Gasteiger partial charge in [-0.05, 0) is 36.4 Å². The van der Waals surface area contributed by atoms with Gasteiger partial charge in [-0.15, -0.1) is 0 Å². The zero-order valence-electron chi connectivity index (χ0n) is 24.0. The Kier molecular flexibility index (Phi) is 16.4. The summed E-state index contributed by atoms with van der Waals surface area (Å²) < 4.78 is 32.5. The Morgan fingerprint density at radius 2 is 1.30 bits per heavy atom. The van der Waals surface area contributed by atoms with Crippen LogP contribution in [0, 0.1) is 0 Å². The highest BCUT2D eigenvalue weighted by molar-refractivity contribution is 7.99. The molecule has 0 fully saturated rings. The topological polar surface area (TPSA) is 118 Å². The SMILES string of the molecule is O=C(O)c1ccccc1Nc1cc(Cl)c(OCCOCCOCCOCCOCCOCC(S)(S)c2ccccn2)c(Cl)c1. The van der Waals surface area contributed by atoms with Crippen LogP contribution in [0.3, 0.4) is 0 Å². The van der Waals surface area contributed by atoms with E-state index in [9.17, 15) is 9.90 Å². The summed E-state index contributed by atoms with van der Waals surface area (Å²) in [6.07, 6.45) is 1.70. The fourth-order valence-corrected chi connectivity index (χ4v) is 4.72. The highest BCUT2D eigenvalue weighted by Gasteiger charge is 2.24. The molecule has 1 heterocycles. The molecule has 0 bridgehead atoms. The Hall–Kier alpha value is -2.26. The molecule has 44 heavy (non-hydrogen) atoms. The van der Waals surface area contributed by atoms with Crippen molar-refractivity contribution in [2.75, 3.05) is 78.0 Å². The van der Waals surface area contributed by atoms with Crippen molar-refractivity contribution in [3.8, 4) is 5.75 Å². The number of hydrogen-bond donors (Lipinski definition) is 4. The Morgan fingerprint density at radius 3 is 1.84 bits per heavy atom. The normalized spacial score (nSPS) is 11.5. The molecule has 0 atom stereocenters. The van der Waals surface area contributed by atoms with Gasteiger partial charge >= 0.3 is 5.97 Å². The first-order valence-electron chi connectivity index (χ1n) is 13.7. The summed E-state index contributed by atoms with van der Waals surface area (Å²) in [4.78, 5) is 15.7. The number of para-hydroxylation sites is 1. The Labute approximate surface area is 278 Å². The lowest BCUT2D eigenvalue weighted by molar-refractivity contribution is -0.0129.